The molecule has 0 fully saturated rings. The van der Waals surface area contributed by atoms with Gasteiger partial charge in [-0.3, -0.25) is 0 Å². The summed E-state index contributed by atoms with van der Waals surface area (Å²) >= 11 is 0. The molecule has 88 valence electrons. The molecule has 0 amide bonds. The van der Waals surface area contributed by atoms with Gasteiger partial charge in [-0.15, -0.1) is 0 Å². The van der Waals surface area contributed by atoms with Crippen LogP contribution in [-0.4, -0.2) is 9.97 Å². The Bertz CT molecular complexity index is 360. The van der Waals surface area contributed by atoms with Crippen LogP contribution in [0, 0.1) is 5.92 Å². The lowest BCUT2D eigenvalue weighted by atomic mass is 10.1. The number of aromatic nitrogens is 2. The summed E-state index contributed by atoms with van der Waals surface area (Å²) in [5.74, 6) is 1.58. The van der Waals surface area contributed by atoms with Crippen LogP contribution in [0.4, 0.5) is 0 Å². The first-order valence-corrected chi connectivity index (χ1v) is 6.27. The highest BCUT2D eigenvalue weighted by atomic mass is 14.9. The van der Waals surface area contributed by atoms with E-state index in [4.69, 9.17) is 5.73 Å². The molecule has 1 unspecified atom stereocenters. The molecular formula is C13H21N3. The molecule has 0 saturated carbocycles. The molecule has 16 heavy (non-hydrogen) atoms. The Kier molecular flexibility index (Phi) is 3.54. The van der Waals surface area contributed by atoms with E-state index in [9.17, 15) is 0 Å². The highest BCUT2D eigenvalue weighted by Gasteiger charge is 2.17. The molecule has 0 spiro atoms. The van der Waals surface area contributed by atoms with Gasteiger partial charge in [-0.05, 0) is 25.2 Å². The molecule has 0 bridgehead atoms. The minimum Gasteiger partial charge on any atom is -0.324 e. The van der Waals surface area contributed by atoms with E-state index in [0.717, 1.165) is 25.1 Å². The molecule has 3 heteroatoms. The van der Waals surface area contributed by atoms with Crippen molar-refractivity contribution in [3.8, 4) is 0 Å². The van der Waals surface area contributed by atoms with Crippen LogP contribution < -0.4 is 5.73 Å². The average Bonchev–Trinajstić information content (AvgIpc) is 2.40. The van der Waals surface area contributed by atoms with Crippen molar-refractivity contribution in [2.45, 2.75) is 52.0 Å². The first kappa shape index (κ1) is 11.5. The van der Waals surface area contributed by atoms with Crippen LogP contribution in [0.1, 0.15) is 56.2 Å². The van der Waals surface area contributed by atoms with Gasteiger partial charge in [0.05, 0.1) is 0 Å². The maximum atomic E-state index is 6.12. The standard InChI is InChI=1S/C13H21N3/c1-9(2)7-13-15-8-10-11(14)5-3-4-6-12(10)16-13/h8-9,11H,3-7,14H2,1-2H3. The van der Waals surface area contributed by atoms with Crippen molar-refractivity contribution in [2.75, 3.05) is 0 Å². The van der Waals surface area contributed by atoms with Gasteiger partial charge in [0.15, 0.2) is 0 Å². The second-order valence-electron chi connectivity index (χ2n) is 5.14. The third kappa shape index (κ3) is 2.59. The predicted octanol–water partition coefficient (Wildman–Crippen LogP) is 2.40. The SMILES string of the molecule is CC(C)Cc1ncc2c(n1)CCCCC2N. The Morgan fingerprint density at radius 3 is 3.00 bits per heavy atom. The largest absolute Gasteiger partial charge is 0.324 e. The number of aryl methyl sites for hydroxylation is 1. The van der Waals surface area contributed by atoms with Crippen molar-refractivity contribution in [1.82, 2.24) is 9.97 Å². The molecule has 0 radical (unpaired) electrons. The summed E-state index contributed by atoms with van der Waals surface area (Å²) in [6, 6.07) is 0.144. The van der Waals surface area contributed by atoms with Gasteiger partial charge in [-0.25, -0.2) is 9.97 Å². The van der Waals surface area contributed by atoms with Gasteiger partial charge in [0, 0.05) is 29.9 Å². The number of hydrogen-bond acceptors (Lipinski definition) is 3. The van der Waals surface area contributed by atoms with Crippen molar-refractivity contribution >= 4 is 0 Å². The third-order valence-corrected chi connectivity index (χ3v) is 3.12. The minimum atomic E-state index is 0.144. The Hall–Kier alpha value is -0.960. The summed E-state index contributed by atoms with van der Waals surface area (Å²) in [6.07, 6.45) is 7.46. The van der Waals surface area contributed by atoms with Crippen LogP contribution in [0.25, 0.3) is 0 Å². The molecule has 1 aromatic heterocycles. The van der Waals surface area contributed by atoms with Crippen LogP contribution in [0.5, 0.6) is 0 Å². The lowest BCUT2D eigenvalue weighted by Crippen LogP contribution is -2.13. The zero-order valence-corrected chi connectivity index (χ0v) is 10.2. The van der Waals surface area contributed by atoms with Crippen molar-refractivity contribution in [1.29, 1.82) is 0 Å². The predicted molar refractivity (Wildman–Crippen MR) is 65.1 cm³/mol. The number of hydrogen-bond donors (Lipinski definition) is 1. The Morgan fingerprint density at radius 2 is 2.25 bits per heavy atom. The number of nitrogens with zero attached hydrogens (tertiary/aromatic N) is 2. The van der Waals surface area contributed by atoms with Crippen LogP contribution in [-0.2, 0) is 12.8 Å². The molecule has 1 atom stereocenters. The lowest BCUT2D eigenvalue weighted by Gasteiger charge is -2.12. The van der Waals surface area contributed by atoms with Gasteiger partial charge >= 0.3 is 0 Å². The highest BCUT2D eigenvalue weighted by molar-refractivity contribution is 5.23. The summed E-state index contributed by atoms with van der Waals surface area (Å²) in [6.45, 7) is 4.39. The van der Waals surface area contributed by atoms with E-state index in [1.165, 1.54) is 24.1 Å². The van der Waals surface area contributed by atoms with Crippen LogP contribution in [0.15, 0.2) is 6.20 Å². The second kappa shape index (κ2) is 4.91. The van der Waals surface area contributed by atoms with Gasteiger partial charge in [-0.1, -0.05) is 20.3 Å². The number of nitrogens with two attached hydrogens (primary N) is 1. The van der Waals surface area contributed by atoms with Crippen molar-refractivity contribution in [2.24, 2.45) is 11.7 Å². The molecular weight excluding hydrogens is 198 g/mol. The maximum Gasteiger partial charge on any atom is 0.128 e. The van der Waals surface area contributed by atoms with Crippen LogP contribution >= 0.6 is 0 Å². The molecule has 2 rings (SSSR count). The van der Waals surface area contributed by atoms with Crippen molar-refractivity contribution in [3.05, 3.63) is 23.3 Å². The zero-order valence-electron chi connectivity index (χ0n) is 10.2. The summed E-state index contributed by atoms with van der Waals surface area (Å²) in [5.41, 5.74) is 8.48. The van der Waals surface area contributed by atoms with E-state index in [-0.39, 0.29) is 6.04 Å². The Labute approximate surface area is 97.5 Å². The first-order valence-electron chi connectivity index (χ1n) is 6.27. The fourth-order valence-electron chi connectivity index (χ4n) is 2.25. The van der Waals surface area contributed by atoms with E-state index in [0.29, 0.717) is 5.92 Å². The molecule has 1 aliphatic rings. The molecule has 2 N–H and O–H groups in total. The van der Waals surface area contributed by atoms with Gasteiger partial charge in [0.25, 0.3) is 0 Å². The van der Waals surface area contributed by atoms with Crippen molar-refractivity contribution < 1.29 is 0 Å². The summed E-state index contributed by atoms with van der Waals surface area (Å²) in [7, 11) is 0. The molecule has 1 aromatic rings. The van der Waals surface area contributed by atoms with Crippen LogP contribution in [0.3, 0.4) is 0 Å². The molecule has 0 aliphatic heterocycles. The molecule has 0 saturated heterocycles. The van der Waals surface area contributed by atoms with Gasteiger partial charge in [0.2, 0.25) is 0 Å². The highest BCUT2D eigenvalue weighted by Crippen LogP contribution is 2.25. The smallest absolute Gasteiger partial charge is 0.128 e. The van der Waals surface area contributed by atoms with E-state index in [1.54, 1.807) is 0 Å². The minimum absolute atomic E-state index is 0.144. The Balaban J connectivity index is 2.26. The quantitative estimate of drug-likeness (QED) is 0.777. The molecule has 0 aromatic carbocycles. The summed E-state index contributed by atoms with van der Waals surface area (Å²) in [5, 5.41) is 0. The van der Waals surface area contributed by atoms with Crippen LogP contribution in [0.2, 0.25) is 0 Å². The number of rotatable bonds is 2. The average molecular weight is 219 g/mol. The Morgan fingerprint density at radius 1 is 1.44 bits per heavy atom. The normalized spacial score (nSPS) is 20.6. The zero-order chi connectivity index (χ0) is 11.5. The molecule has 3 nitrogen and oxygen atoms in total. The third-order valence-electron chi connectivity index (χ3n) is 3.12. The topological polar surface area (TPSA) is 51.8 Å². The molecule has 1 aliphatic carbocycles. The fourth-order valence-corrected chi connectivity index (χ4v) is 2.25. The monoisotopic (exact) mass is 219 g/mol. The number of fused-ring (bicyclic) bond motifs is 1. The van der Waals surface area contributed by atoms with E-state index < -0.39 is 0 Å². The van der Waals surface area contributed by atoms with Gasteiger partial charge in [-0.2, -0.15) is 0 Å². The van der Waals surface area contributed by atoms with Gasteiger partial charge in [0.1, 0.15) is 5.82 Å². The van der Waals surface area contributed by atoms with E-state index in [1.807, 2.05) is 6.20 Å². The first-order chi connectivity index (χ1) is 7.66. The van der Waals surface area contributed by atoms with E-state index >= 15 is 0 Å². The van der Waals surface area contributed by atoms with E-state index in [2.05, 4.69) is 23.8 Å². The fraction of sp³-hybridized carbons (Fsp3) is 0.692. The maximum absolute atomic E-state index is 6.12. The summed E-state index contributed by atoms with van der Waals surface area (Å²) in [4.78, 5) is 9.11. The van der Waals surface area contributed by atoms with Gasteiger partial charge < -0.3 is 5.73 Å². The lowest BCUT2D eigenvalue weighted by molar-refractivity contribution is 0.608. The molecule has 1 heterocycles. The summed E-state index contributed by atoms with van der Waals surface area (Å²) < 4.78 is 0. The van der Waals surface area contributed by atoms with Crippen molar-refractivity contribution in [3.63, 3.8) is 0 Å². The second-order valence-corrected chi connectivity index (χ2v) is 5.14.